The highest BCUT2D eigenvalue weighted by Crippen LogP contribution is 2.26. The Bertz CT molecular complexity index is 667. The predicted molar refractivity (Wildman–Crippen MR) is 96.8 cm³/mol. The van der Waals surface area contributed by atoms with E-state index >= 15 is 0 Å². The molecule has 0 spiro atoms. The van der Waals surface area contributed by atoms with Crippen molar-refractivity contribution in [1.82, 2.24) is 9.80 Å². The van der Waals surface area contributed by atoms with Crippen molar-refractivity contribution in [2.45, 2.75) is 6.42 Å². The van der Waals surface area contributed by atoms with Gasteiger partial charge in [-0.15, -0.1) is 11.3 Å². The fourth-order valence-electron chi connectivity index (χ4n) is 2.74. The Morgan fingerprint density at radius 1 is 1.09 bits per heavy atom. The number of hydrogen-bond donors (Lipinski definition) is 0. The van der Waals surface area contributed by atoms with Gasteiger partial charge in [0.15, 0.2) is 0 Å². The van der Waals surface area contributed by atoms with Gasteiger partial charge in [0.05, 0.1) is 15.6 Å². The number of nitrogens with zero attached hydrogens (tertiary/aromatic N) is 2. The van der Waals surface area contributed by atoms with Crippen LogP contribution in [0.3, 0.4) is 0 Å². The van der Waals surface area contributed by atoms with Crippen molar-refractivity contribution in [1.29, 1.82) is 0 Å². The van der Waals surface area contributed by atoms with E-state index in [0.717, 1.165) is 39.1 Å². The van der Waals surface area contributed by atoms with Crippen LogP contribution in [-0.4, -0.2) is 48.4 Å². The number of thiophene rings is 1. The molecule has 1 aliphatic heterocycles. The normalized spacial score (nSPS) is 15.8. The maximum atomic E-state index is 12.6. The topological polar surface area (TPSA) is 23.6 Å². The quantitative estimate of drug-likeness (QED) is 0.812. The molecule has 2 aromatic rings. The first kappa shape index (κ1) is 16.8. The lowest BCUT2D eigenvalue weighted by molar-refractivity contribution is 0.0639. The molecule has 0 atom stereocenters. The Morgan fingerprint density at radius 2 is 1.87 bits per heavy atom. The first-order valence-corrected chi connectivity index (χ1v) is 9.27. The molecular formula is C17H18Cl2N2OS. The summed E-state index contributed by atoms with van der Waals surface area (Å²) >= 11 is 14.0. The zero-order valence-electron chi connectivity index (χ0n) is 12.7. The van der Waals surface area contributed by atoms with E-state index in [1.54, 1.807) is 29.5 Å². The maximum Gasteiger partial charge on any atom is 0.255 e. The van der Waals surface area contributed by atoms with E-state index in [1.165, 1.54) is 4.88 Å². The fourth-order valence-corrected chi connectivity index (χ4v) is 3.82. The molecule has 3 nitrogen and oxygen atoms in total. The van der Waals surface area contributed by atoms with Crippen LogP contribution in [0.1, 0.15) is 15.2 Å². The molecule has 0 N–H and O–H groups in total. The Balaban J connectivity index is 1.54. The molecule has 0 saturated carbocycles. The first-order valence-electron chi connectivity index (χ1n) is 7.63. The molecule has 0 unspecified atom stereocenters. The summed E-state index contributed by atoms with van der Waals surface area (Å²) < 4.78 is 0. The lowest BCUT2D eigenvalue weighted by atomic mass is 10.1. The summed E-state index contributed by atoms with van der Waals surface area (Å²) in [7, 11) is 0. The number of hydrogen-bond acceptors (Lipinski definition) is 3. The van der Waals surface area contributed by atoms with Crippen LogP contribution in [0.25, 0.3) is 0 Å². The minimum Gasteiger partial charge on any atom is -0.336 e. The zero-order chi connectivity index (χ0) is 16.2. The van der Waals surface area contributed by atoms with Crippen LogP contribution in [0.2, 0.25) is 10.0 Å². The SMILES string of the molecule is O=C(c1cccc(Cl)c1Cl)N1CCN(CCc2cccs2)CC1. The molecule has 0 bridgehead atoms. The second-order valence-electron chi connectivity index (χ2n) is 5.56. The van der Waals surface area contributed by atoms with Gasteiger partial charge in [-0.1, -0.05) is 35.3 Å². The largest absolute Gasteiger partial charge is 0.336 e. The zero-order valence-corrected chi connectivity index (χ0v) is 15.0. The molecule has 122 valence electrons. The highest BCUT2D eigenvalue weighted by molar-refractivity contribution is 7.09. The third kappa shape index (κ3) is 4.07. The van der Waals surface area contributed by atoms with E-state index in [4.69, 9.17) is 23.2 Å². The monoisotopic (exact) mass is 368 g/mol. The van der Waals surface area contributed by atoms with Crippen LogP contribution in [0.15, 0.2) is 35.7 Å². The van der Waals surface area contributed by atoms with Gasteiger partial charge in [-0.25, -0.2) is 0 Å². The molecular weight excluding hydrogens is 351 g/mol. The smallest absolute Gasteiger partial charge is 0.255 e. The van der Waals surface area contributed by atoms with Gasteiger partial charge in [-0.05, 0) is 30.0 Å². The summed E-state index contributed by atoms with van der Waals surface area (Å²) in [5, 5.41) is 2.88. The predicted octanol–water partition coefficient (Wildman–Crippen LogP) is 4.06. The third-order valence-corrected chi connectivity index (χ3v) is 5.85. The lowest BCUT2D eigenvalue weighted by Gasteiger charge is -2.34. The number of benzene rings is 1. The van der Waals surface area contributed by atoms with Crippen molar-refractivity contribution in [3.8, 4) is 0 Å². The van der Waals surface area contributed by atoms with Crippen LogP contribution in [-0.2, 0) is 6.42 Å². The van der Waals surface area contributed by atoms with E-state index < -0.39 is 0 Å². The Kier molecular flexibility index (Phi) is 5.59. The molecule has 1 amide bonds. The van der Waals surface area contributed by atoms with Gasteiger partial charge in [0.2, 0.25) is 0 Å². The summed E-state index contributed by atoms with van der Waals surface area (Å²) in [5.74, 6) is -0.0320. The van der Waals surface area contributed by atoms with Gasteiger partial charge in [0, 0.05) is 37.6 Å². The number of carbonyl (C=O) groups is 1. The molecule has 0 aliphatic carbocycles. The van der Waals surface area contributed by atoms with Gasteiger partial charge in [0.1, 0.15) is 0 Å². The van der Waals surface area contributed by atoms with Crippen molar-refractivity contribution in [3.63, 3.8) is 0 Å². The first-order chi connectivity index (χ1) is 11.1. The maximum absolute atomic E-state index is 12.6. The number of rotatable bonds is 4. The van der Waals surface area contributed by atoms with E-state index in [2.05, 4.69) is 22.4 Å². The molecule has 23 heavy (non-hydrogen) atoms. The van der Waals surface area contributed by atoms with Crippen molar-refractivity contribution in [2.75, 3.05) is 32.7 Å². The molecule has 1 aromatic heterocycles. The Hall–Kier alpha value is -1.07. The molecule has 3 rings (SSSR count). The van der Waals surface area contributed by atoms with E-state index in [9.17, 15) is 4.79 Å². The van der Waals surface area contributed by atoms with E-state index in [0.29, 0.717) is 15.6 Å². The summed E-state index contributed by atoms with van der Waals surface area (Å²) in [5.41, 5.74) is 0.492. The van der Waals surface area contributed by atoms with Crippen molar-refractivity contribution in [3.05, 3.63) is 56.2 Å². The van der Waals surface area contributed by atoms with Crippen LogP contribution in [0.5, 0.6) is 0 Å². The van der Waals surface area contributed by atoms with Gasteiger partial charge in [0.25, 0.3) is 5.91 Å². The van der Waals surface area contributed by atoms with Gasteiger partial charge in [-0.2, -0.15) is 0 Å². The van der Waals surface area contributed by atoms with Crippen molar-refractivity contribution in [2.24, 2.45) is 0 Å². The van der Waals surface area contributed by atoms with Crippen LogP contribution < -0.4 is 0 Å². The molecule has 1 fully saturated rings. The second-order valence-corrected chi connectivity index (χ2v) is 7.38. The third-order valence-electron chi connectivity index (χ3n) is 4.10. The van der Waals surface area contributed by atoms with E-state index in [-0.39, 0.29) is 5.91 Å². The van der Waals surface area contributed by atoms with Gasteiger partial charge >= 0.3 is 0 Å². The highest BCUT2D eigenvalue weighted by Gasteiger charge is 2.24. The van der Waals surface area contributed by atoms with Crippen LogP contribution in [0.4, 0.5) is 0 Å². The minimum absolute atomic E-state index is 0.0320. The number of piperazine rings is 1. The number of halogens is 2. The standard InChI is InChI=1S/C17H18Cl2N2OS/c18-15-5-1-4-14(16(15)19)17(22)21-10-8-20(9-11-21)7-6-13-3-2-12-23-13/h1-5,12H,6-11H2. The molecule has 6 heteroatoms. The molecule has 1 aliphatic rings. The second kappa shape index (κ2) is 7.67. The van der Waals surface area contributed by atoms with Crippen molar-refractivity contribution >= 4 is 40.4 Å². The number of carbonyl (C=O) groups excluding carboxylic acids is 1. The van der Waals surface area contributed by atoms with Gasteiger partial charge < -0.3 is 4.90 Å². The summed E-state index contributed by atoms with van der Waals surface area (Å²) in [6.07, 6.45) is 1.08. The lowest BCUT2D eigenvalue weighted by Crippen LogP contribution is -2.49. The van der Waals surface area contributed by atoms with E-state index in [1.807, 2.05) is 4.90 Å². The van der Waals surface area contributed by atoms with Crippen LogP contribution in [0, 0.1) is 0 Å². The highest BCUT2D eigenvalue weighted by atomic mass is 35.5. The average molecular weight is 369 g/mol. The molecule has 0 radical (unpaired) electrons. The minimum atomic E-state index is -0.0320. The molecule has 2 heterocycles. The fraction of sp³-hybridized carbons (Fsp3) is 0.353. The summed E-state index contributed by atoms with van der Waals surface area (Å²) in [6.45, 7) is 4.29. The van der Waals surface area contributed by atoms with Crippen molar-refractivity contribution < 1.29 is 4.79 Å². The Morgan fingerprint density at radius 3 is 2.57 bits per heavy atom. The Labute approximate surface area is 150 Å². The number of amides is 1. The molecule has 1 saturated heterocycles. The summed E-state index contributed by atoms with van der Waals surface area (Å²) in [6, 6.07) is 9.46. The average Bonchev–Trinajstić information content (AvgIpc) is 3.09. The van der Waals surface area contributed by atoms with Crippen LogP contribution >= 0.6 is 34.5 Å². The summed E-state index contributed by atoms with van der Waals surface area (Å²) in [4.78, 5) is 18.3. The van der Waals surface area contributed by atoms with Gasteiger partial charge in [-0.3, -0.25) is 9.69 Å². The molecule has 1 aromatic carbocycles.